The second-order valence-electron chi connectivity index (χ2n) is 3.64. The number of sulfonamides is 1. The Morgan fingerprint density at radius 1 is 1.50 bits per heavy atom. The van der Waals surface area contributed by atoms with Gasteiger partial charge in [-0.1, -0.05) is 0 Å². The van der Waals surface area contributed by atoms with Gasteiger partial charge in [0.2, 0.25) is 10.0 Å². The number of nitrogens with zero attached hydrogens (tertiary/aromatic N) is 2. The van der Waals surface area contributed by atoms with E-state index >= 15 is 0 Å². The van der Waals surface area contributed by atoms with Crippen LogP contribution in [0.15, 0.2) is 4.90 Å². The van der Waals surface area contributed by atoms with Gasteiger partial charge in [-0.3, -0.25) is 0 Å². The summed E-state index contributed by atoms with van der Waals surface area (Å²) in [5.41, 5.74) is 5.62. The lowest BCUT2D eigenvalue weighted by Crippen LogP contribution is -2.24. The topological polar surface area (TPSA) is 97.5 Å². The molecular weight excluding hydrogens is 276 g/mol. The molecule has 1 aromatic heterocycles. The number of rotatable bonds is 7. The normalized spacial score (nSPS) is 12.0. The molecule has 0 bridgehead atoms. The van der Waals surface area contributed by atoms with Crippen LogP contribution < -0.4 is 11.1 Å². The molecule has 18 heavy (non-hydrogen) atoms. The third-order valence-corrected chi connectivity index (χ3v) is 4.99. The van der Waals surface area contributed by atoms with Gasteiger partial charge in [-0.2, -0.15) is 4.37 Å². The Balaban J connectivity index is 2.89. The average Bonchev–Trinajstić information content (AvgIpc) is 2.66. The number of hydrogen-bond acceptors (Lipinski definition) is 7. The van der Waals surface area contributed by atoms with E-state index in [1.165, 1.54) is 14.1 Å². The van der Waals surface area contributed by atoms with E-state index in [2.05, 4.69) is 9.69 Å². The van der Waals surface area contributed by atoms with Crippen molar-refractivity contribution in [2.45, 2.75) is 11.8 Å². The third kappa shape index (κ3) is 3.31. The summed E-state index contributed by atoms with van der Waals surface area (Å²) in [6.07, 6.45) is 0. The number of aromatic nitrogens is 1. The van der Waals surface area contributed by atoms with Gasteiger partial charge in [0.15, 0.2) is 10.7 Å². The zero-order valence-corrected chi connectivity index (χ0v) is 12.3. The Kier molecular flexibility index (Phi) is 5.32. The molecule has 0 aromatic carbocycles. The predicted octanol–water partition coefficient (Wildman–Crippen LogP) is 0.424. The summed E-state index contributed by atoms with van der Waals surface area (Å²) in [5, 5.41) is 3.42. The molecule has 1 aromatic rings. The fourth-order valence-corrected chi connectivity index (χ4v) is 3.32. The number of nitrogen functional groups attached to an aromatic ring is 1. The highest BCUT2D eigenvalue weighted by Crippen LogP contribution is 2.32. The van der Waals surface area contributed by atoms with Crippen LogP contribution in [0.1, 0.15) is 6.92 Å². The maximum atomic E-state index is 12.1. The minimum Gasteiger partial charge on any atom is -0.382 e. The molecule has 0 atom stereocenters. The molecule has 0 aliphatic carbocycles. The van der Waals surface area contributed by atoms with E-state index in [1.807, 2.05) is 6.92 Å². The molecule has 1 rings (SSSR count). The van der Waals surface area contributed by atoms with Crippen LogP contribution in [-0.2, 0) is 14.8 Å². The molecule has 0 unspecified atom stereocenters. The van der Waals surface area contributed by atoms with Crippen molar-refractivity contribution in [2.24, 2.45) is 0 Å². The second kappa shape index (κ2) is 6.32. The predicted molar refractivity (Wildman–Crippen MR) is 72.4 cm³/mol. The first-order valence-corrected chi connectivity index (χ1v) is 7.61. The summed E-state index contributed by atoms with van der Waals surface area (Å²) in [5.74, 6) is 0.0209. The fourth-order valence-electron chi connectivity index (χ4n) is 1.22. The molecular formula is C9H18N4O3S2. The van der Waals surface area contributed by atoms with E-state index in [9.17, 15) is 8.42 Å². The van der Waals surface area contributed by atoms with Gasteiger partial charge in [-0.05, 0) is 18.5 Å². The minimum atomic E-state index is -3.58. The number of anilines is 2. The van der Waals surface area contributed by atoms with Crippen molar-refractivity contribution < 1.29 is 13.2 Å². The molecule has 0 aliphatic rings. The smallest absolute Gasteiger partial charge is 0.249 e. The van der Waals surface area contributed by atoms with Crippen molar-refractivity contribution in [1.82, 2.24) is 8.68 Å². The summed E-state index contributed by atoms with van der Waals surface area (Å²) < 4.78 is 34.3. The Morgan fingerprint density at radius 3 is 2.72 bits per heavy atom. The molecule has 0 amide bonds. The van der Waals surface area contributed by atoms with Crippen molar-refractivity contribution in [3.63, 3.8) is 0 Å². The molecule has 3 N–H and O–H groups in total. The number of nitrogens with one attached hydrogen (secondary N) is 1. The van der Waals surface area contributed by atoms with Crippen LogP contribution in [0.2, 0.25) is 0 Å². The van der Waals surface area contributed by atoms with Gasteiger partial charge < -0.3 is 15.8 Å². The van der Waals surface area contributed by atoms with Crippen molar-refractivity contribution in [3.8, 4) is 0 Å². The van der Waals surface area contributed by atoms with Crippen molar-refractivity contribution >= 4 is 32.4 Å². The van der Waals surface area contributed by atoms with Crippen LogP contribution in [0, 0.1) is 0 Å². The van der Waals surface area contributed by atoms with Gasteiger partial charge in [0, 0.05) is 27.2 Å². The maximum Gasteiger partial charge on any atom is 0.249 e. The van der Waals surface area contributed by atoms with Crippen LogP contribution in [0.5, 0.6) is 0 Å². The van der Waals surface area contributed by atoms with Crippen LogP contribution in [0.3, 0.4) is 0 Å². The van der Waals surface area contributed by atoms with E-state index in [-0.39, 0.29) is 10.7 Å². The zero-order valence-electron chi connectivity index (χ0n) is 10.6. The lowest BCUT2D eigenvalue weighted by atomic mass is 10.6. The van der Waals surface area contributed by atoms with Gasteiger partial charge >= 0.3 is 0 Å². The summed E-state index contributed by atoms with van der Waals surface area (Å²) in [4.78, 5) is 0.0361. The summed E-state index contributed by atoms with van der Waals surface area (Å²) in [6, 6.07) is 0. The van der Waals surface area contributed by atoms with E-state index in [1.54, 1.807) is 0 Å². The van der Waals surface area contributed by atoms with Gasteiger partial charge in [0.1, 0.15) is 5.00 Å². The van der Waals surface area contributed by atoms with Crippen LogP contribution in [0.25, 0.3) is 0 Å². The molecule has 9 heteroatoms. The summed E-state index contributed by atoms with van der Waals surface area (Å²) in [7, 11) is -0.675. The van der Waals surface area contributed by atoms with Gasteiger partial charge in [-0.25, -0.2) is 12.7 Å². The molecule has 7 nitrogen and oxygen atoms in total. The Bertz CT molecular complexity index is 484. The van der Waals surface area contributed by atoms with Crippen molar-refractivity contribution in [1.29, 1.82) is 0 Å². The zero-order chi connectivity index (χ0) is 13.8. The lowest BCUT2D eigenvalue weighted by Gasteiger charge is -2.12. The average molecular weight is 294 g/mol. The van der Waals surface area contributed by atoms with Crippen molar-refractivity contribution in [3.05, 3.63) is 0 Å². The first-order valence-electron chi connectivity index (χ1n) is 5.40. The number of nitrogens with two attached hydrogens (primary N) is 1. The maximum absolute atomic E-state index is 12.1. The monoisotopic (exact) mass is 294 g/mol. The highest BCUT2D eigenvalue weighted by atomic mass is 32.2. The van der Waals surface area contributed by atoms with E-state index < -0.39 is 10.0 Å². The molecule has 0 saturated heterocycles. The molecule has 0 radical (unpaired) electrons. The third-order valence-electron chi connectivity index (χ3n) is 2.15. The van der Waals surface area contributed by atoms with Crippen LogP contribution in [-0.4, -0.2) is 51.0 Å². The summed E-state index contributed by atoms with van der Waals surface area (Å²) in [6.45, 7) is 3.52. The highest BCUT2D eigenvalue weighted by Gasteiger charge is 2.27. The van der Waals surface area contributed by atoms with Crippen LogP contribution in [0.4, 0.5) is 10.8 Å². The SMILES string of the molecule is CCOCCNc1snc(N)c1S(=O)(=O)N(C)C. The Labute approximate surface area is 111 Å². The van der Waals surface area contributed by atoms with E-state index in [0.717, 1.165) is 15.8 Å². The minimum absolute atomic E-state index is 0.0209. The first kappa shape index (κ1) is 15.2. The van der Waals surface area contributed by atoms with E-state index in [0.29, 0.717) is 24.8 Å². The van der Waals surface area contributed by atoms with Gasteiger partial charge in [0.05, 0.1) is 6.61 Å². The van der Waals surface area contributed by atoms with Crippen LogP contribution >= 0.6 is 11.5 Å². The molecule has 104 valence electrons. The largest absolute Gasteiger partial charge is 0.382 e. The van der Waals surface area contributed by atoms with Gasteiger partial charge in [0.25, 0.3) is 0 Å². The standard InChI is InChI=1S/C9H18N4O3S2/c1-4-16-6-5-11-9-7(8(10)12-17-9)18(14,15)13(2)3/h11H,4-6H2,1-3H3,(H2,10,12). The Hall–Kier alpha value is -0.900. The summed E-state index contributed by atoms with van der Waals surface area (Å²) >= 11 is 1.03. The van der Waals surface area contributed by atoms with Crippen molar-refractivity contribution in [2.75, 3.05) is 44.9 Å². The second-order valence-corrected chi connectivity index (χ2v) is 6.50. The number of hydrogen-bond donors (Lipinski definition) is 2. The molecule has 0 fully saturated rings. The molecule has 0 aliphatic heterocycles. The molecule has 0 spiro atoms. The molecule has 0 saturated carbocycles. The number of ether oxygens (including phenoxy) is 1. The van der Waals surface area contributed by atoms with E-state index in [4.69, 9.17) is 10.5 Å². The van der Waals surface area contributed by atoms with Gasteiger partial charge in [-0.15, -0.1) is 0 Å². The fraction of sp³-hybridized carbons (Fsp3) is 0.667. The lowest BCUT2D eigenvalue weighted by molar-refractivity contribution is 0.158. The Morgan fingerprint density at radius 2 is 2.17 bits per heavy atom. The molecule has 1 heterocycles. The highest BCUT2D eigenvalue weighted by molar-refractivity contribution is 7.89. The first-order chi connectivity index (χ1) is 8.41. The quantitative estimate of drug-likeness (QED) is 0.708.